The molecule has 1 aromatic carbocycles. The number of imidazole rings is 1. The second-order valence-electron chi connectivity index (χ2n) is 4.10. The molecule has 5 nitrogen and oxygen atoms in total. The maximum Gasteiger partial charge on any atom is 0.176 e. The number of rotatable bonds is 6. The van der Waals surface area contributed by atoms with Gasteiger partial charge in [0.1, 0.15) is 11.5 Å². The van der Waals surface area contributed by atoms with Crippen LogP contribution < -0.4 is 9.47 Å². The van der Waals surface area contributed by atoms with Gasteiger partial charge in [0.05, 0.1) is 25.5 Å². The molecule has 0 fully saturated rings. The fourth-order valence-electron chi connectivity index (χ4n) is 1.73. The molecule has 0 aliphatic rings. The van der Waals surface area contributed by atoms with Gasteiger partial charge in [-0.1, -0.05) is 11.8 Å². The molecule has 0 saturated heterocycles. The molecule has 0 unspecified atom stereocenters. The van der Waals surface area contributed by atoms with Crippen molar-refractivity contribution in [1.29, 1.82) is 0 Å². The van der Waals surface area contributed by atoms with E-state index in [2.05, 4.69) is 4.98 Å². The van der Waals surface area contributed by atoms with Crippen LogP contribution in [0.5, 0.6) is 11.5 Å². The number of Topliss-reactive ketones (excluding diaryl/α,β-unsaturated/α-hetero) is 1. The summed E-state index contributed by atoms with van der Waals surface area (Å²) in [6.07, 6.45) is 3.56. The number of ether oxygens (including phenoxy) is 2. The Labute approximate surface area is 121 Å². The van der Waals surface area contributed by atoms with E-state index in [1.165, 1.54) is 18.9 Å². The SMILES string of the molecule is COc1ccc(C(=O)CSc2nccn2C)c(OC)c1. The third-order valence-corrected chi connectivity index (χ3v) is 3.88. The first kappa shape index (κ1) is 14.5. The Balaban J connectivity index is 2.11. The maximum absolute atomic E-state index is 12.3. The van der Waals surface area contributed by atoms with E-state index in [-0.39, 0.29) is 5.78 Å². The molecular weight excluding hydrogens is 276 g/mol. The van der Waals surface area contributed by atoms with Gasteiger partial charge in [-0.05, 0) is 12.1 Å². The predicted molar refractivity (Wildman–Crippen MR) is 77.8 cm³/mol. The molecule has 0 saturated carbocycles. The van der Waals surface area contributed by atoms with Gasteiger partial charge >= 0.3 is 0 Å². The van der Waals surface area contributed by atoms with Crippen LogP contribution in [0.4, 0.5) is 0 Å². The van der Waals surface area contributed by atoms with Crippen molar-refractivity contribution in [3.63, 3.8) is 0 Å². The van der Waals surface area contributed by atoms with E-state index < -0.39 is 0 Å². The summed E-state index contributed by atoms with van der Waals surface area (Å²) in [4.78, 5) is 16.4. The van der Waals surface area contributed by atoms with Crippen LogP contribution in [0.1, 0.15) is 10.4 Å². The molecule has 0 bridgehead atoms. The Hall–Kier alpha value is -1.95. The van der Waals surface area contributed by atoms with E-state index in [9.17, 15) is 4.79 Å². The summed E-state index contributed by atoms with van der Waals surface area (Å²) in [6, 6.07) is 5.18. The summed E-state index contributed by atoms with van der Waals surface area (Å²) >= 11 is 1.40. The number of hydrogen-bond acceptors (Lipinski definition) is 5. The zero-order valence-electron chi connectivity index (χ0n) is 11.6. The van der Waals surface area contributed by atoms with Crippen molar-refractivity contribution in [3.05, 3.63) is 36.2 Å². The molecule has 0 spiro atoms. The molecule has 20 heavy (non-hydrogen) atoms. The number of aryl methyl sites for hydroxylation is 1. The highest BCUT2D eigenvalue weighted by Gasteiger charge is 2.14. The van der Waals surface area contributed by atoms with Crippen LogP contribution >= 0.6 is 11.8 Å². The molecule has 0 aliphatic heterocycles. The van der Waals surface area contributed by atoms with Crippen LogP contribution in [0.2, 0.25) is 0 Å². The average Bonchev–Trinajstić information content (AvgIpc) is 2.89. The second-order valence-corrected chi connectivity index (χ2v) is 5.04. The van der Waals surface area contributed by atoms with Gasteiger partial charge in [-0.2, -0.15) is 0 Å². The quantitative estimate of drug-likeness (QED) is 0.604. The van der Waals surface area contributed by atoms with Crippen LogP contribution in [0, 0.1) is 0 Å². The first-order chi connectivity index (χ1) is 9.65. The van der Waals surface area contributed by atoms with E-state index in [0.29, 0.717) is 22.8 Å². The molecule has 2 rings (SSSR count). The minimum absolute atomic E-state index is 0.00231. The Morgan fingerprint density at radius 2 is 2.15 bits per heavy atom. The van der Waals surface area contributed by atoms with Gasteiger partial charge in [0.25, 0.3) is 0 Å². The summed E-state index contributed by atoms with van der Waals surface area (Å²) in [6.45, 7) is 0. The molecule has 1 heterocycles. The monoisotopic (exact) mass is 292 g/mol. The van der Waals surface area contributed by atoms with Crippen molar-refractivity contribution < 1.29 is 14.3 Å². The van der Waals surface area contributed by atoms with Crippen LogP contribution in [0.3, 0.4) is 0 Å². The maximum atomic E-state index is 12.3. The summed E-state index contributed by atoms with van der Waals surface area (Å²) in [7, 11) is 5.01. The van der Waals surface area contributed by atoms with Crippen molar-refractivity contribution in [1.82, 2.24) is 9.55 Å². The third kappa shape index (κ3) is 3.14. The zero-order valence-corrected chi connectivity index (χ0v) is 12.4. The van der Waals surface area contributed by atoms with Gasteiger partial charge in [0.15, 0.2) is 10.9 Å². The van der Waals surface area contributed by atoms with Crippen LogP contribution in [-0.2, 0) is 7.05 Å². The van der Waals surface area contributed by atoms with Gasteiger partial charge in [-0.3, -0.25) is 4.79 Å². The number of nitrogens with zero attached hydrogens (tertiary/aromatic N) is 2. The second kappa shape index (κ2) is 6.47. The van der Waals surface area contributed by atoms with Crippen LogP contribution in [-0.4, -0.2) is 35.3 Å². The number of hydrogen-bond donors (Lipinski definition) is 0. The largest absolute Gasteiger partial charge is 0.497 e. The van der Waals surface area contributed by atoms with Crippen molar-refractivity contribution in [2.24, 2.45) is 7.05 Å². The number of methoxy groups -OCH3 is 2. The van der Waals surface area contributed by atoms with E-state index in [1.807, 2.05) is 17.8 Å². The smallest absolute Gasteiger partial charge is 0.176 e. The number of thioether (sulfide) groups is 1. The van der Waals surface area contributed by atoms with Gasteiger partial charge in [0.2, 0.25) is 0 Å². The highest BCUT2D eigenvalue weighted by molar-refractivity contribution is 7.99. The summed E-state index contributed by atoms with van der Waals surface area (Å²) < 4.78 is 12.2. The number of aromatic nitrogens is 2. The Kier molecular flexibility index (Phi) is 4.68. The lowest BCUT2D eigenvalue weighted by Crippen LogP contribution is -2.06. The average molecular weight is 292 g/mol. The van der Waals surface area contributed by atoms with Crippen molar-refractivity contribution in [2.75, 3.05) is 20.0 Å². The summed E-state index contributed by atoms with van der Waals surface area (Å²) in [5, 5.41) is 0.811. The molecule has 0 aliphatic carbocycles. The molecule has 0 amide bonds. The van der Waals surface area contributed by atoms with Gasteiger partial charge < -0.3 is 14.0 Å². The molecule has 0 radical (unpaired) electrons. The normalized spacial score (nSPS) is 10.3. The van der Waals surface area contributed by atoms with E-state index in [1.54, 1.807) is 31.5 Å². The van der Waals surface area contributed by atoms with Gasteiger partial charge in [-0.25, -0.2) is 4.98 Å². The highest BCUT2D eigenvalue weighted by Crippen LogP contribution is 2.26. The molecule has 0 N–H and O–H groups in total. The Morgan fingerprint density at radius 3 is 2.75 bits per heavy atom. The predicted octanol–water partition coefficient (Wildman–Crippen LogP) is 2.41. The van der Waals surface area contributed by atoms with Crippen LogP contribution in [0.25, 0.3) is 0 Å². The van der Waals surface area contributed by atoms with E-state index in [4.69, 9.17) is 9.47 Å². The lowest BCUT2D eigenvalue weighted by molar-refractivity contribution is 0.101. The van der Waals surface area contributed by atoms with Gasteiger partial charge in [0, 0.05) is 25.5 Å². The van der Waals surface area contributed by atoms with Gasteiger partial charge in [-0.15, -0.1) is 0 Å². The minimum atomic E-state index is -0.00231. The highest BCUT2D eigenvalue weighted by atomic mass is 32.2. The lowest BCUT2D eigenvalue weighted by atomic mass is 10.1. The Morgan fingerprint density at radius 1 is 1.35 bits per heavy atom. The standard InChI is InChI=1S/C14H16N2O3S/c1-16-7-6-15-14(16)20-9-12(17)11-5-4-10(18-2)8-13(11)19-3/h4-8H,9H2,1-3H3. The van der Waals surface area contributed by atoms with Crippen molar-refractivity contribution in [2.45, 2.75) is 5.16 Å². The van der Waals surface area contributed by atoms with Crippen LogP contribution in [0.15, 0.2) is 35.7 Å². The first-order valence-electron chi connectivity index (χ1n) is 6.01. The minimum Gasteiger partial charge on any atom is -0.497 e. The number of carbonyl (C=O) groups excluding carboxylic acids is 1. The molecule has 0 atom stereocenters. The number of ketones is 1. The third-order valence-electron chi connectivity index (χ3n) is 2.82. The molecule has 6 heteroatoms. The fraction of sp³-hybridized carbons (Fsp3) is 0.286. The van der Waals surface area contributed by atoms with Crippen molar-refractivity contribution >= 4 is 17.5 Å². The van der Waals surface area contributed by atoms with E-state index >= 15 is 0 Å². The van der Waals surface area contributed by atoms with Crippen molar-refractivity contribution in [3.8, 4) is 11.5 Å². The number of carbonyl (C=O) groups is 1. The topological polar surface area (TPSA) is 53.3 Å². The summed E-state index contributed by atoms with van der Waals surface area (Å²) in [5.41, 5.74) is 0.551. The zero-order chi connectivity index (χ0) is 14.5. The number of benzene rings is 1. The first-order valence-corrected chi connectivity index (χ1v) is 6.99. The fourth-order valence-corrected chi connectivity index (χ4v) is 2.54. The summed E-state index contributed by atoms with van der Waals surface area (Å²) in [5.74, 6) is 1.50. The van der Waals surface area contributed by atoms with E-state index in [0.717, 1.165) is 5.16 Å². The molecule has 1 aromatic heterocycles. The lowest BCUT2D eigenvalue weighted by Gasteiger charge is -2.09. The molecule has 2 aromatic rings. The molecular formula is C14H16N2O3S. The molecule has 106 valence electrons. The Bertz CT molecular complexity index is 610.